The zero-order valence-corrected chi connectivity index (χ0v) is 19.0. The van der Waals surface area contributed by atoms with E-state index in [0.717, 1.165) is 48.1 Å². The molecule has 3 heterocycles. The van der Waals surface area contributed by atoms with Crippen molar-refractivity contribution in [3.63, 3.8) is 0 Å². The summed E-state index contributed by atoms with van der Waals surface area (Å²) in [6.07, 6.45) is 4.14. The molecule has 2 N–H and O–H groups in total. The molecule has 1 atom stereocenters. The second-order valence-corrected chi connectivity index (χ2v) is 9.69. The van der Waals surface area contributed by atoms with Crippen LogP contribution < -0.4 is 5.73 Å². The standard InChI is InChI=1S/C26H26N4OS/c1-29-19(14-18-9-8-17(16-27)13-23(18)29)10-12-30-11-4-5-20(30)15-22-21-6-2-3-7-24(21)32-25(22)26(28)31/h2-3,6-9,13-14,20H,4-5,10-12,15H2,1H3,(H2,28,31). The molecule has 5 nitrogen and oxygen atoms in total. The number of rotatable bonds is 6. The highest BCUT2D eigenvalue weighted by Crippen LogP contribution is 2.34. The molecule has 2 aromatic carbocycles. The topological polar surface area (TPSA) is 75.0 Å². The molecule has 1 fully saturated rings. The Morgan fingerprint density at radius 3 is 2.91 bits per heavy atom. The molecule has 4 aromatic rings. The Hall–Kier alpha value is -3.14. The van der Waals surface area contributed by atoms with Gasteiger partial charge in [0.05, 0.1) is 16.5 Å². The van der Waals surface area contributed by atoms with E-state index in [-0.39, 0.29) is 5.91 Å². The van der Waals surface area contributed by atoms with Crippen molar-refractivity contribution in [1.82, 2.24) is 9.47 Å². The highest BCUT2D eigenvalue weighted by molar-refractivity contribution is 7.21. The van der Waals surface area contributed by atoms with E-state index in [4.69, 9.17) is 5.73 Å². The highest BCUT2D eigenvalue weighted by Gasteiger charge is 2.28. The van der Waals surface area contributed by atoms with Crippen molar-refractivity contribution in [2.75, 3.05) is 13.1 Å². The maximum atomic E-state index is 12.1. The number of hydrogen-bond acceptors (Lipinski definition) is 4. The van der Waals surface area contributed by atoms with E-state index in [9.17, 15) is 10.1 Å². The molecule has 1 saturated heterocycles. The number of nitrogens with zero attached hydrogens (tertiary/aromatic N) is 3. The van der Waals surface area contributed by atoms with Gasteiger partial charge in [0.25, 0.3) is 5.91 Å². The van der Waals surface area contributed by atoms with Gasteiger partial charge >= 0.3 is 0 Å². The summed E-state index contributed by atoms with van der Waals surface area (Å²) in [5.74, 6) is -0.321. The third kappa shape index (κ3) is 3.68. The number of primary amides is 1. The number of fused-ring (bicyclic) bond motifs is 2. The van der Waals surface area contributed by atoms with Crippen LogP contribution in [0.3, 0.4) is 0 Å². The minimum Gasteiger partial charge on any atom is -0.365 e. The van der Waals surface area contributed by atoms with Crippen molar-refractivity contribution in [3.05, 3.63) is 70.2 Å². The lowest BCUT2D eigenvalue weighted by molar-refractivity contribution is 0.100. The van der Waals surface area contributed by atoms with E-state index < -0.39 is 0 Å². The summed E-state index contributed by atoms with van der Waals surface area (Å²) in [6, 6.07) is 19.0. The van der Waals surface area contributed by atoms with Crippen molar-refractivity contribution in [3.8, 4) is 6.07 Å². The minimum absolute atomic E-state index is 0.321. The summed E-state index contributed by atoms with van der Waals surface area (Å²) >= 11 is 1.51. The number of nitrogens with two attached hydrogens (primary N) is 1. The van der Waals surface area contributed by atoms with Gasteiger partial charge in [-0.2, -0.15) is 5.26 Å². The lowest BCUT2D eigenvalue weighted by atomic mass is 10.0. The lowest BCUT2D eigenvalue weighted by Crippen LogP contribution is -2.33. The predicted molar refractivity (Wildman–Crippen MR) is 130 cm³/mol. The number of amides is 1. The van der Waals surface area contributed by atoms with Gasteiger partial charge in [-0.15, -0.1) is 11.3 Å². The van der Waals surface area contributed by atoms with Crippen LogP contribution in [0.15, 0.2) is 48.5 Å². The van der Waals surface area contributed by atoms with Gasteiger partial charge in [0.15, 0.2) is 0 Å². The summed E-state index contributed by atoms with van der Waals surface area (Å²) in [7, 11) is 2.08. The van der Waals surface area contributed by atoms with Gasteiger partial charge < -0.3 is 10.3 Å². The van der Waals surface area contributed by atoms with Gasteiger partial charge in [-0.3, -0.25) is 9.69 Å². The molecular weight excluding hydrogens is 416 g/mol. The molecule has 1 aliphatic rings. The lowest BCUT2D eigenvalue weighted by Gasteiger charge is -2.25. The fourth-order valence-electron chi connectivity index (χ4n) is 5.11. The zero-order chi connectivity index (χ0) is 22.2. The molecule has 0 bridgehead atoms. The van der Waals surface area contributed by atoms with Crippen molar-refractivity contribution >= 4 is 38.2 Å². The van der Waals surface area contributed by atoms with Crippen LogP contribution >= 0.6 is 11.3 Å². The molecular formula is C26H26N4OS. The monoisotopic (exact) mass is 442 g/mol. The fraction of sp³-hybridized carbons (Fsp3) is 0.308. The molecule has 1 unspecified atom stereocenters. The first-order valence-electron chi connectivity index (χ1n) is 11.1. The second-order valence-electron chi connectivity index (χ2n) is 8.64. The van der Waals surface area contributed by atoms with Crippen LogP contribution in [0.25, 0.3) is 21.0 Å². The van der Waals surface area contributed by atoms with E-state index in [2.05, 4.69) is 40.8 Å². The van der Waals surface area contributed by atoms with E-state index in [1.165, 1.54) is 34.2 Å². The quantitative estimate of drug-likeness (QED) is 0.474. The van der Waals surface area contributed by atoms with Crippen molar-refractivity contribution in [2.45, 2.75) is 31.7 Å². The normalized spacial score (nSPS) is 16.7. The second kappa shape index (κ2) is 8.42. The predicted octanol–water partition coefficient (Wildman–Crippen LogP) is 4.61. The van der Waals surface area contributed by atoms with Crippen molar-refractivity contribution < 1.29 is 4.79 Å². The number of aryl methyl sites for hydroxylation is 1. The summed E-state index contributed by atoms with van der Waals surface area (Å²) in [6.45, 7) is 2.06. The molecule has 0 aliphatic carbocycles. The number of aromatic nitrogens is 1. The van der Waals surface area contributed by atoms with Gasteiger partial charge in [-0.25, -0.2) is 0 Å². The number of carbonyl (C=O) groups is 1. The van der Waals surface area contributed by atoms with E-state index >= 15 is 0 Å². The van der Waals surface area contributed by atoms with E-state index in [0.29, 0.717) is 16.5 Å². The SMILES string of the molecule is Cn1c(CCN2CCCC2Cc2c(C(N)=O)sc3ccccc23)cc2ccc(C#N)cc21. The molecule has 0 radical (unpaired) electrons. The molecule has 5 rings (SSSR count). The molecule has 1 aliphatic heterocycles. The molecule has 1 amide bonds. The van der Waals surface area contributed by atoms with E-state index in [1.807, 2.05) is 30.3 Å². The number of thiophene rings is 1. The van der Waals surface area contributed by atoms with Gasteiger partial charge in [0, 0.05) is 42.0 Å². The van der Waals surface area contributed by atoms with Crippen LogP contribution in [-0.4, -0.2) is 34.5 Å². The van der Waals surface area contributed by atoms with Gasteiger partial charge in [0.2, 0.25) is 0 Å². The molecule has 32 heavy (non-hydrogen) atoms. The summed E-state index contributed by atoms with van der Waals surface area (Å²) < 4.78 is 3.34. The third-order valence-electron chi connectivity index (χ3n) is 6.79. The highest BCUT2D eigenvalue weighted by atomic mass is 32.1. The largest absolute Gasteiger partial charge is 0.365 e. The maximum Gasteiger partial charge on any atom is 0.259 e. The third-order valence-corrected chi connectivity index (χ3v) is 8.02. The van der Waals surface area contributed by atoms with Crippen LogP contribution in [0, 0.1) is 11.3 Å². The first-order valence-corrected chi connectivity index (χ1v) is 11.9. The number of likely N-dealkylation sites (tertiary alicyclic amines) is 1. The van der Waals surface area contributed by atoms with Crippen LogP contribution in [0.2, 0.25) is 0 Å². The Kier molecular flexibility index (Phi) is 5.46. The fourth-order valence-corrected chi connectivity index (χ4v) is 6.20. The molecule has 162 valence electrons. The Morgan fingerprint density at radius 1 is 1.25 bits per heavy atom. The van der Waals surface area contributed by atoms with Gasteiger partial charge in [-0.05, 0) is 66.4 Å². The van der Waals surface area contributed by atoms with Gasteiger partial charge in [-0.1, -0.05) is 24.3 Å². The summed E-state index contributed by atoms with van der Waals surface area (Å²) in [5.41, 5.74) is 9.92. The Bertz CT molecular complexity index is 1360. The molecule has 6 heteroatoms. The Morgan fingerprint density at radius 2 is 2.09 bits per heavy atom. The van der Waals surface area contributed by atoms with Gasteiger partial charge in [0.1, 0.15) is 0 Å². The maximum absolute atomic E-state index is 12.1. The average Bonchev–Trinajstić information content (AvgIpc) is 3.49. The number of nitriles is 1. The van der Waals surface area contributed by atoms with Crippen LogP contribution in [0.5, 0.6) is 0 Å². The number of hydrogen-bond donors (Lipinski definition) is 1. The number of benzene rings is 2. The van der Waals surface area contributed by atoms with E-state index in [1.54, 1.807) is 0 Å². The minimum atomic E-state index is -0.321. The van der Waals surface area contributed by atoms with Crippen LogP contribution in [0.4, 0.5) is 0 Å². The summed E-state index contributed by atoms with van der Waals surface area (Å²) in [5, 5.41) is 11.5. The number of carbonyl (C=O) groups excluding carboxylic acids is 1. The summed E-state index contributed by atoms with van der Waals surface area (Å²) in [4.78, 5) is 15.4. The smallest absolute Gasteiger partial charge is 0.259 e. The van der Waals surface area contributed by atoms with Crippen LogP contribution in [-0.2, 0) is 19.9 Å². The van der Waals surface area contributed by atoms with Crippen LogP contribution in [0.1, 0.15) is 39.3 Å². The van der Waals surface area contributed by atoms with Crippen molar-refractivity contribution in [2.24, 2.45) is 12.8 Å². The molecule has 0 saturated carbocycles. The molecule has 2 aromatic heterocycles. The van der Waals surface area contributed by atoms with Crippen molar-refractivity contribution in [1.29, 1.82) is 5.26 Å². The molecule has 0 spiro atoms. The first kappa shape index (κ1) is 20.7. The Balaban J connectivity index is 1.35. The first-order chi connectivity index (χ1) is 15.5. The zero-order valence-electron chi connectivity index (χ0n) is 18.2. The Labute approximate surface area is 191 Å². The average molecular weight is 443 g/mol.